The topological polar surface area (TPSA) is 29.3 Å². The van der Waals surface area contributed by atoms with E-state index in [-0.39, 0.29) is 5.54 Å². The molecule has 1 aromatic carbocycles. The van der Waals surface area contributed by atoms with Crippen LogP contribution in [-0.2, 0) is 6.42 Å². The molecule has 1 heterocycles. The van der Waals surface area contributed by atoms with E-state index in [4.69, 9.17) is 5.73 Å². The number of fused-ring (bicyclic) bond motifs is 1. The van der Waals surface area contributed by atoms with Crippen LogP contribution in [0.25, 0.3) is 0 Å². The molecule has 0 spiro atoms. The third-order valence-corrected chi connectivity index (χ3v) is 5.54. The molecule has 2 nitrogen and oxygen atoms in total. The predicted molar refractivity (Wildman–Crippen MR) is 86.1 cm³/mol. The second-order valence-electron chi connectivity index (χ2n) is 7.08. The number of nitrogens with zero attached hydrogens (tertiary/aromatic N) is 1. The predicted octanol–water partition coefficient (Wildman–Crippen LogP) is 3.59. The van der Waals surface area contributed by atoms with Gasteiger partial charge in [0.2, 0.25) is 0 Å². The molecule has 0 unspecified atom stereocenters. The minimum Gasteiger partial charge on any atom is -0.364 e. The lowest BCUT2D eigenvalue weighted by atomic mass is 9.63. The molecule has 0 saturated heterocycles. The second kappa shape index (κ2) is 5.40. The lowest BCUT2D eigenvalue weighted by Crippen LogP contribution is -2.63. The smallest absolute Gasteiger partial charge is 0.0529 e. The fourth-order valence-electron chi connectivity index (χ4n) is 4.07. The molecule has 1 aliphatic heterocycles. The van der Waals surface area contributed by atoms with Crippen molar-refractivity contribution >= 4 is 5.69 Å². The van der Waals surface area contributed by atoms with E-state index in [1.807, 2.05) is 0 Å². The first-order chi connectivity index (χ1) is 9.66. The van der Waals surface area contributed by atoms with Crippen LogP contribution in [0.1, 0.15) is 45.1 Å². The van der Waals surface area contributed by atoms with E-state index in [9.17, 15) is 0 Å². The van der Waals surface area contributed by atoms with Gasteiger partial charge in [-0.15, -0.1) is 0 Å². The Kier molecular flexibility index (Phi) is 3.76. The van der Waals surface area contributed by atoms with Gasteiger partial charge >= 0.3 is 0 Å². The van der Waals surface area contributed by atoms with Gasteiger partial charge in [0.25, 0.3) is 0 Å². The summed E-state index contributed by atoms with van der Waals surface area (Å²) in [5, 5.41) is 0. The molecule has 0 aromatic heterocycles. The van der Waals surface area contributed by atoms with E-state index in [1.54, 1.807) is 0 Å². The highest BCUT2D eigenvalue weighted by Gasteiger charge is 2.48. The summed E-state index contributed by atoms with van der Waals surface area (Å²) in [7, 11) is 0. The Labute approximate surface area is 123 Å². The average molecular weight is 272 g/mol. The minimum atomic E-state index is 0.232. The van der Waals surface area contributed by atoms with Crippen LogP contribution in [0, 0.1) is 11.8 Å². The molecule has 1 fully saturated rings. The SMILES string of the molecule is CC(C)C1CC(CN)(N2CCCCc3ccccc32)C1. The number of benzene rings is 1. The molecule has 20 heavy (non-hydrogen) atoms. The van der Waals surface area contributed by atoms with Crippen LogP contribution in [0.4, 0.5) is 5.69 Å². The molecule has 0 amide bonds. The zero-order valence-corrected chi connectivity index (χ0v) is 12.9. The Morgan fingerprint density at radius 2 is 2.00 bits per heavy atom. The van der Waals surface area contributed by atoms with Crippen LogP contribution in [0.5, 0.6) is 0 Å². The Morgan fingerprint density at radius 1 is 1.25 bits per heavy atom. The Balaban J connectivity index is 1.89. The molecule has 0 atom stereocenters. The zero-order chi connectivity index (χ0) is 14.2. The van der Waals surface area contributed by atoms with Gasteiger partial charge < -0.3 is 10.6 Å². The first kappa shape index (κ1) is 13.9. The first-order valence-electron chi connectivity index (χ1n) is 8.22. The minimum absolute atomic E-state index is 0.232. The van der Waals surface area contributed by atoms with Crippen molar-refractivity contribution in [1.82, 2.24) is 0 Å². The van der Waals surface area contributed by atoms with Gasteiger partial charge in [-0.1, -0.05) is 32.0 Å². The van der Waals surface area contributed by atoms with Gasteiger partial charge in [0.05, 0.1) is 5.54 Å². The van der Waals surface area contributed by atoms with Crippen molar-refractivity contribution in [2.75, 3.05) is 18.0 Å². The standard InChI is InChI=1S/C18H28N2/c1-14(2)16-11-18(12-16,13-19)20-10-6-5-8-15-7-3-4-9-17(15)20/h3-4,7,9,14,16H,5-6,8,10-13,19H2,1-2H3. The monoisotopic (exact) mass is 272 g/mol. The van der Waals surface area contributed by atoms with Crippen molar-refractivity contribution in [1.29, 1.82) is 0 Å². The van der Waals surface area contributed by atoms with Gasteiger partial charge in [-0.25, -0.2) is 0 Å². The van der Waals surface area contributed by atoms with Crippen LogP contribution < -0.4 is 10.6 Å². The van der Waals surface area contributed by atoms with Crippen molar-refractivity contribution in [2.45, 2.75) is 51.5 Å². The summed E-state index contributed by atoms with van der Waals surface area (Å²) >= 11 is 0. The average Bonchev–Trinajstić information content (AvgIpc) is 2.61. The summed E-state index contributed by atoms with van der Waals surface area (Å²) in [4.78, 5) is 2.66. The first-order valence-corrected chi connectivity index (χ1v) is 8.22. The van der Waals surface area contributed by atoms with E-state index in [0.717, 1.165) is 18.4 Å². The molecule has 1 aliphatic carbocycles. The molecule has 3 rings (SSSR count). The lowest BCUT2D eigenvalue weighted by Gasteiger charge is -2.56. The summed E-state index contributed by atoms with van der Waals surface area (Å²) in [5.74, 6) is 1.64. The van der Waals surface area contributed by atoms with Crippen LogP contribution in [0.3, 0.4) is 0 Å². The number of anilines is 1. The fraction of sp³-hybridized carbons (Fsp3) is 0.667. The second-order valence-corrected chi connectivity index (χ2v) is 7.08. The molecule has 1 aromatic rings. The van der Waals surface area contributed by atoms with Crippen molar-refractivity contribution in [3.05, 3.63) is 29.8 Å². The molecule has 1 saturated carbocycles. The molecular weight excluding hydrogens is 244 g/mol. The highest BCUT2D eigenvalue weighted by molar-refractivity contribution is 5.57. The molecule has 2 heteroatoms. The molecule has 0 radical (unpaired) electrons. The lowest BCUT2D eigenvalue weighted by molar-refractivity contribution is 0.102. The summed E-state index contributed by atoms with van der Waals surface area (Å²) in [5.41, 5.74) is 9.44. The highest BCUT2D eigenvalue weighted by Crippen LogP contribution is 2.48. The highest BCUT2D eigenvalue weighted by atomic mass is 15.2. The Morgan fingerprint density at radius 3 is 2.70 bits per heavy atom. The summed E-state index contributed by atoms with van der Waals surface area (Å²) < 4.78 is 0. The van der Waals surface area contributed by atoms with Gasteiger partial charge in [0.15, 0.2) is 0 Å². The Bertz CT molecular complexity index is 460. The summed E-state index contributed by atoms with van der Waals surface area (Å²) in [6.45, 7) is 6.67. The van der Waals surface area contributed by atoms with Crippen molar-refractivity contribution in [3.8, 4) is 0 Å². The van der Waals surface area contributed by atoms with Gasteiger partial charge in [0, 0.05) is 18.8 Å². The summed E-state index contributed by atoms with van der Waals surface area (Å²) in [6, 6.07) is 8.96. The molecule has 110 valence electrons. The number of para-hydroxylation sites is 1. The van der Waals surface area contributed by atoms with Crippen LogP contribution in [0.2, 0.25) is 0 Å². The van der Waals surface area contributed by atoms with Crippen molar-refractivity contribution < 1.29 is 0 Å². The van der Waals surface area contributed by atoms with E-state index in [1.165, 1.54) is 49.9 Å². The van der Waals surface area contributed by atoms with Crippen LogP contribution >= 0.6 is 0 Å². The summed E-state index contributed by atoms with van der Waals surface area (Å²) in [6.07, 6.45) is 6.37. The van der Waals surface area contributed by atoms with E-state index >= 15 is 0 Å². The number of nitrogens with two attached hydrogens (primary N) is 1. The fourth-order valence-corrected chi connectivity index (χ4v) is 4.07. The van der Waals surface area contributed by atoms with Crippen molar-refractivity contribution in [2.24, 2.45) is 17.6 Å². The Hall–Kier alpha value is -1.02. The third-order valence-electron chi connectivity index (χ3n) is 5.54. The normalized spacial score (nSPS) is 29.8. The van der Waals surface area contributed by atoms with E-state index in [0.29, 0.717) is 0 Å². The van der Waals surface area contributed by atoms with Gasteiger partial charge in [0.1, 0.15) is 0 Å². The van der Waals surface area contributed by atoms with Gasteiger partial charge in [-0.2, -0.15) is 0 Å². The van der Waals surface area contributed by atoms with Crippen molar-refractivity contribution in [3.63, 3.8) is 0 Å². The van der Waals surface area contributed by atoms with E-state index < -0.39 is 0 Å². The number of aryl methyl sites for hydroxylation is 1. The maximum atomic E-state index is 6.23. The van der Waals surface area contributed by atoms with Gasteiger partial charge in [-0.05, 0) is 55.6 Å². The number of rotatable bonds is 3. The van der Waals surface area contributed by atoms with E-state index in [2.05, 4.69) is 43.0 Å². The van der Waals surface area contributed by atoms with Crippen LogP contribution in [-0.4, -0.2) is 18.6 Å². The number of hydrogen-bond acceptors (Lipinski definition) is 2. The largest absolute Gasteiger partial charge is 0.364 e. The zero-order valence-electron chi connectivity index (χ0n) is 12.9. The quantitative estimate of drug-likeness (QED) is 0.911. The molecule has 0 bridgehead atoms. The maximum Gasteiger partial charge on any atom is 0.0529 e. The molecule has 2 N–H and O–H groups in total. The maximum absolute atomic E-state index is 6.23. The molecular formula is C18H28N2. The van der Waals surface area contributed by atoms with Gasteiger partial charge in [-0.3, -0.25) is 0 Å². The third kappa shape index (κ3) is 2.24. The molecule has 2 aliphatic rings. The number of hydrogen-bond donors (Lipinski definition) is 1. The van der Waals surface area contributed by atoms with Crippen LogP contribution in [0.15, 0.2) is 24.3 Å².